The molecule has 0 amide bonds. The monoisotopic (exact) mass is 1390 g/mol. The number of rotatable bonds is 6. The molecule has 9 aromatic rings. The molecule has 4 heterocycles. The van der Waals surface area contributed by atoms with Crippen LogP contribution in [0.25, 0.3) is 0 Å². The van der Waals surface area contributed by atoms with Crippen molar-refractivity contribution in [3.63, 3.8) is 0 Å². The smallest absolute Gasteiger partial charge is 0.249 e. The third kappa shape index (κ3) is 13.6. The second-order valence-electron chi connectivity index (χ2n) is 40.6. The van der Waals surface area contributed by atoms with Gasteiger partial charge in [-0.15, -0.1) is 0 Å². The average Bonchev–Trinajstić information content (AvgIpc) is 0.690. The summed E-state index contributed by atoms with van der Waals surface area (Å²) in [6, 6.07) is 57.7. The molecule has 0 N–H and O–H groups in total. The van der Waals surface area contributed by atoms with Crippen molar-refractivity contribution >= 4 is 104 Å². The Balaban J connectivity index is 1.14. The fourth-order valence-corrected chi connectivity index (χ4v) is 18.0. The summed E-state index contributed by atoms with van der Waals surface area (Å²) in [4.78, 5) is 10.3. The van der Waals surface area contributed by atoms with Crippen LogP contribution in [0.4, 0.5) is 34.1 Å². The predicted octanol–water partition coefficient (Wildman–Crippen LogP) is 23.8. The normalized spacial score (nSPS) is 14.8. The third-order valence-corrected chi connectivity index (χ3v) is 24.2. The van der Waals surface area contributed by atoms with E-state index in [1.54, 1.807) is 0 Å². The zero-order chi connectivity index (χ0) is 74.4. The molecule has 0 saturated carbocycles. The Morgan fingerprint density at radius 2 is 0.510 bits per heavy atom. The molecular formula is C94H114B2N2O2S2. The molecule has 0 saturated heterocycles. The van der Waals surface area contributed by atoms with Gasteiger partial charge in [0.15, 0.2) is 0 Å². The molecule has 0 fully saturated rings. The van der Waals surface area contributed by atoms with E-state index in [1.807, 2.05) is 23.5 Å². The maximum absolute atomic E-state index is 7.26. The summed E-state index contributed by atoms with van der Waals surface area (Å²) in [5, 5.41) is 0. The van der Waals surface area contributed by atoms with E-state index < -0.39 is 0 Å². The van der Waals surface area contributed by atoms with Crippen LogP contribution in [0, 0.1) is 0 Å². The summed E-state index contributed by atoms with van der Waals surface area (Å²) in [5.41, 5.74) is 27.3. The molecule has 0 spiro atoms. The standard InChI is InChI=1S/C94H114B2N2O2S2/c1-85(2,3)55-31-35-65(36-32-55)99-67-49-75-83-79(51-67)101-77-54-78-72(53-71(77)95(83)81-69(93(25,26)27)45-61(91(19,20)21)47-73(81)97(75)63-41-57(87(7,8)9)39-58(42-63)88(10,11)12)96-82-70(94(28,29)30)46-62(92(22,23)24)48-74(82)98(64-43-59(89(13,14)15)40-60(44-64)90(16,17)18)76-50-68(52-80(102-78)84(76)96)100-66-37-33-56(34-38-66)86(4,5)6/h31-54H,1-30H3. The van der Waals surface area contributed by atoms with Crippen LogP contribution >= 0.6 is 23.5 Å². The molecule has 0 aliphatic carbocycles. The van der Waals surface area contributed by atoms with E-state index >= 15 is 0 Å². The Hall–Kier alpha value is -6.99. The molecule has 0 radical (unpaired) electrons. The fourth-order valence-electron chi connectivity index (χ4n) is 15.5. The van der Waals surface area contributed by atoms with Crippen LogP contribution in [-0.2, 0) is 54.1 Å². The predicted molar refractivity (Wildman–Crippen MR) is 446 cm³/mol. The van der Waals surface area contributed by atoms with Crippen molar-refractivity contribution in [2.75, 3.05) is 9.80 Å². The summed E-state index contributed by atoms with van der Waals surface area (Å²) in [5.74, 6) is 3.30. The highest BCUT2D eigenvalue weighted by Crippen LogP contribution is 2.53. The molecule has 0 atom stereocenters. The van der Waals surface area contributed by atoms with E-state index in [1.165, 1.54) is 131 Å². The molecule has 530 valence electrons. The summed E-state index contributed by atoms with van der Waals surface area (Å²) in [7, 11) is 0. The minimum atomic E-state index is -0.243. The Kier molecular flexibility index (Phi) is 17.5. The molecule has 8 heteroatoms. The lowest BCUT2D eigenvalue weighted by atomic mass is 9.30. The number of benzene rings is 9. The zero-order valence-electron chi connectivity index (χ0n) is 67.5. The highest BCUT2D eigenvalue weighted by molar-refractivity contribution is 8.01. The largest absolute Gasteiger partial charge is 0.457 e. The van der Waals surface area contributed by atoms with Crippen LogP contribution in [0.2, 0.25) is 0 Å². The molecule has 0 bridgehead atoms. The van der Waals surface area contributed by atoms with Gasteiger partial charge in [-0.05, 0) is 210 Å². The van der Waals surface area contributed by atoms with Crippen molar-refractivity contribution in [2.24, 2.45) is 0 Å². The lowest BCUT2D eigenvalue weighted by molar-refractivity contribution is 0.480. The lowest BCUT2D eigenvalue weighted by Crippen LogP contribution is -2.65. The Labute approximate surface area is 624 Å². The van der Waals surface area contributed by atoms with E-state index in [9.17, 15) is 0 Å². The van der Waals surface area contributed by atoms with Crippen LogP contribution in [0.15, 0.2) is 165 Å². The number of anilines is 6. The summed E-state index contributed by atoms with van der Waals surface area (Å²) in [6.45, 7) is 70.8. The van der Waals surface area contributed by atoms with Gasteiger partial charge in [0.2, 0.25) is 13.4 Å². The molecule has 102 heavy (non-hydrogen) atoms. The van der Waals surface area contributed by atoms with Crippen molar-refractivity contribution in [2.45, 2.75) is 281 Å². The minimum absolute atomic E-state index is 0.00407. The number of hydrogen-bond donors (Lipinski definition) is 0. The van der Waals surface area contributed by atoms with Gasteiger partial charge in [0.25, 0.3) is 0 Å². The van der Waals surface area contributed by atoms with Gasteiger partial charge < -0.3 is 19.3 Å². The third-order valence-electron chi connectivity index (χ3n) is 21.9. The van der Waals surface area contributed by atoms with E-state index in [0.717, 1.165) is 34.4 Å². The molecule has 9 aromatic carbocycles. The van der Waals surface area contributed by atoms with Gasteiger partial charge in [-0.2, -0.15) is 0 Å². The van der Waals surface area contributed by atoms with Crippen LogP contribution in [0.5, 0.6) is 23.0 Å². The maximum Gasteiger partial charge on any atom is 0.249 e. The van der Waals surface area contributed by atoms with Crippen molar-refractivity contribution in [3.8, 4) is 23.0 Å². The van der Waals surface area contributed by atoms with Crippen molar-refractivity contribution in [1.82, 2.24) is 0 Å². The summed E-state index contributed by atoms with van der Waals surface area (Å²) < 4.78 is 14.5. The first-order valence-electron chi connectivity index (χ1n) is 37.6. The average molecular weight is 1390 g/mol. The van der Waals surface area contributed by atoms with Gasteiger partial charge in [-0.3, -0.25) is 0 Å². The number of fused-ring (bicyclic) bond motifs is 8. The molecule has 0 unspecified atom stereocenters. The van der Waals surface area contributed by atoms with Crippen molar-refractivity contribution in [1.29, 1.82) is 0 Å². The first kappa shape index (κ1) is 73.3. The van der Waals surface area contributed by atoms with Crippen LogP contribution < -0.4 is 52.1 Å². The maximum atomic E-state index is 7.26. The van der Waals surface area contributed by atoms with Crippen LogP contribution in [0.3, 0.4) is 0 Å². The topological polar surface area (TPSA) is 24.9 Å². The van der Waals surface area contributed by atoms with E-state index in [-0.39, 0.29) is 67.6 Å². The van der Waals surface area contributed by atoms with Gasteiger partial charge in [-0.25, -0.2) is 0 Å². The van der Waals surface area contributed by atoms with E-state index in [2.05, 4.69) is 363 Å². The summed E-state index contributed by atoms with van der Waals surface area (Å²) >= 11 is 3.85. The minimum Gasteiger partial charge on any atom is -0.457 e. The Bertz CT molecular complexity index is 4480. The molecule has 4 aliphatic rings. The van der Waals surface area contributed by atoms with Gasteiger partial charge in [0.1, 0.15) is 23.0 Å². The van der Waals surface area contributed by atoms with Crippen LogP contribution in [0.1, 0.15) is 263 Å². The lowest BCUT2D eigenvalue weighted by Gasteiger charge is -2.45. The SMILES string of the molecule is CC(C)(C)c1ccc(Oc2cc3c4c(c2)N(c2cc(C(C)(C)C)cc(C(C)(C)C)c2)c2cc(C(C)(C)C)cc(C(C)(C)C)c2B4c2cc4c(cc2S3)Sc2cc(Oc3ccc(C(C)(C)C)cc3)cc3c2B4c2c(cc(C(C)(C)C)cc2C(C)(C)C)N3c2cc(C(C)(C)C)cc(C(C)(C)C)c2)cc1. The molecular weight excluding hydrogens is 1270 g/mol. The first-order valence-corrected chi connectivity index (χ1v) is 39.2. The Morgan fingerprint density at radius 1 is 0.235 bits per heavy atom. The van der Waals surface area contributed by atoms with Gasteiger partial charge in [0.05, 0.1) is 0 Å². The molecule has 13 rings (SSSR count). The van der Waals surface area contributed by atoms with E-state index in [4.69, 9.17) is 9.47 Å². The first-order chi connectivity index (χ1) is 46.8. The number of hydrogen-bond acceptors (Lipinski definition) is 6. The Morgan fingerprint density at radius 3 is 0.784 bits per heavy atom. The number of ether oxygens (including phenoxy) is 2. The fraction of sp³-hybridized carbons (Fsp3) is 0.426. The van der Waals surface area contributed by atoms with Gasteiger partial charge >= 0.3 is 0 Å². The molecule has 4 nitrogen and oxygen atoms in total. The van der Waals surface area contributed by atoms with Crippen LogP contribution in [-0.4, -0.2) is 13.4 Å². The molecule has 4 aliphatic heterocycles. The highest BCUT2D eigenvalue weighted by atomic mass is 32.2. The van der Waals surface area contributed by atoms with Crippen molar-refractivity contribution < 1.29 is 9.47 Å². The summed E-state index contributed by atoms with van der Waals surface area (Å²) in [6.07, 6.45) is 0. The number of nitrogens with zero attached hydrogens (tertiary/aromatic N) is 2. The highest BCUT2D eigenvalue weighted by Gasteiger charge is 2.50. The molecule has 0 aromatic heterocycles. The quantitative estimate of drug-likeness (QED) is 0.154. The second kappa shape index (κ2) is 24.3. The van der Waals surface area contributed by atoms with Crippen molar-refractivity contribution in [3.05, 3.63) is 201 Å². The zero-order valence-corrected chi connectivity index (χ0v) is 69.2. The van der Waals surface area contributed by atoms with Gasteiger partial charge in [0, 0.05) is 65.8 Å². The van der Waals surface area contributed by atoms with Gasteiger partial charge in [-0.1, -0.05) is 297 Å². The second-order valence-corrected chi connectivity index (χ2v) is 42.7. The van der Waals surface area contributed by atoms with E-state index in [0.29, 0.717) is 0 Å².